The van der Waals surface area contributed by atoms with E-state index in [4.69, 9.17) is 0 Å². The van der Waals surface area contributed by atoms with Gasteiger partial charge in [-0.05, 0) is 49.9 Å². The third kappa shape index (κ3) is 2.16. The maximum absolute atomic E-state index is 4.52. The van der Waals surface area contributed by atoms with Gasteiger partial charge in [0.2, 0.25) is 0 Å². The zero-order chi connectivity index (χ0) is 13.5. The van der Waals surface area contributed by atoms with Crippen LogP contribution >= 0.6 is 0 Å². The fourth-order valence-electron chi connectivity index (χ4n) is 3.34. The summed E-state index contributed by atoms with van der Waals surface area (Å²) in [4.78, 5) is 7.16. The van der Waals surface area contributed by atoms with E-state index in [0.29, 0.717) is 6.04 Å². The Bertz CT molecular complexity index is 633. The standard InChI is InChI=1S/C17H21N3/c1-12-4-7-16(15-3-2-9-18-17(12)15)19-13-8-10-20(11-13)14-5-6-14/h2-4,7,9,13-14,19H,5-6,8,10-11H2,1H3. The first kappa shape index (κ1) is 12.2. The van der Waals surface area contributed by atoms with Gasteiger partial charge in [0.05, 0.1) is 5.52 Å². The molecule has 1 saturated heterocycles. The van der Waals surface area contributed by atoms with E-state index >= 15 is 0 Å². The number of likely N-dealkylation sites (tertiary alicyclic amines) is 1. The van der Waals surface area contributed by atoms with Gasteiger partial charge in [-0.2, -0.15) is 0 Å². The highest BCUT2D eigenvalue weighted by Crippen LogP contribution is 2.32. The zero-order valence-electron chi connectivity index (χ0n) is 12.0. The molecule has 2 aliphatic rings. The first-order chi connectivity index (χ1) is 9.81. The highest BCUT2D eigenvalue weighted by Gasteiger charge is 2.34. The molecule has 3 nitrogen and oxygen atoms in total. The topological polar surface area (TPSA) is 28.2 Å². The number of rotatable bonds is 3. The van der Waals surface area contributed by atoms with E-state index in [2.05, 4.69) is 40.3 Å². The van der Waals surface area contributed by atoms with Crippen molar-refractivity contribution in [1.29, 1.82) is 0 Å². The third-order valence-electron chi connectivity index (χ3n) is 4.61. The first-order valence-electron chi connectivity index (χ1n) is 7.66. The number of benzene rings is 1. The number of hydrogen-bond acceptors (Lipinski definition) is 3. The number of hydrogen-bond donors (Lipinski definition) is 1. The predicted molar refractivity (Wildman–Crippen MR) is 83.1 cm³/mol. The van der Waals surface area contributed by atoms with Crippen molar-refractivity contribution in [3.05, 3.63) is 36.0 Å². The Balaban J connectivity index is 1.58. The van der Waals surface area contributed by atoms with Crippen LogP contribution in [0.5, 0.6) is 0 Å². The van der Waals surface area contributed by atoms with Gasteiger partial charge in [-0.15, -0.1) is 0 Å². The van der Waals surface area contributed by atoms with Gasteiger partial charge in [0, 0.05) is 42.4 Å². The normalized spacial score (nSPS) is 23.4. The summed E-state index contributed by atoms with van der Waals surface area (Å²) >= 11 is 0. The minimum atomic E-state index is 0.585. The van der Waals surface area contributed by atoms with E-state index in [1.54, 1.807) is 0 Å². The minimum absolute atomic E-state index is 0.585. The molecule has 0 bridgehead atoms. The number of pyridine rings is 1. The van der Waals surface area contributed by atoms with Gasteiger partial charge in [0.25, 0.3) is 0 Å². The largest absolute Gasteiger partial charge is 0.380 e. The molecule has 3 heteroatoms. The SMILES string of the molecule is Cc1ccc(NC2CCN(C3CC3)C2)c2cccnc12. The average molecular weight is 267 g/mol. The molecule has 1 aromatic heterocycles. The summed E-state index contributed by atoms with van der Waals surface area (Å²) in [7, 11) is 0. The Morgan fingerprint density at radius 3 is 2.95 bits per heavy atom. The molecule has 0 radical (unpaired) electrons. The van der Waals surface area contributed by atoms with Gasteiger partial charge in [-0.25, -0.2) is 0 Å². The molecule has 20 heavy (non-hydrogen) atoms. The summed E-state index contributed by atoms with van der Waals surface area (Å²) in [5.74, 6) is 0. The van der Waals surface area contributed by atoms with Crippen molar-refractivity contribution in [3.8, 4) is 0 Å². The van der Waals surface area contributed by atoms with E-state index in [-0.39, 0.29) is 0 Å². The zero-order valence-corrected chi connectivity index (χ0v) is 12.0. The van der Waals surface area contributed by atoms with E-state index < -0.39 is 0 Å². The lowest BCUT2D eigenvalue weighted by molar-refractivity contribution is 0.326. The van der Waals surface area contributed by atoms with E-state index in [0.717, 1.165) is 11.6 Å². The van der Waals surface area contributed by atoms with Crippen LogP contribution in [-0.2, 0) is 0 Å². The fraction of sp³-hybridized carbons (Fsp3) is 0.471. The van der Waals surface area contributed by atoms with Crippen molar-refractivity contribution < 1.29 is 0 Å². The van der Waals surface area contributed by atoms with Crippen LogP contribution in [-0.4, -0.2) is 35.1 Å². The molecule has 1 aliphatic heterocycles. The van der Waals surface area contributed by atoms with Crippen LogP contribution in [0.3, 0.4) is 0 Å². The van der Waals surface area contributed by atoms with E-state index in [1.807, 2.05) is 12.3 Å². The Labute approximate surface area is 120 Å². The quantitative estimate of drug-likeness (QED) is 0.925. The molecule has 4 rings (SSSR count). The van der Waals surface area contributed by atoms with E-state index in [1.165, 1.54) is 49.0 Å². The molecule has 1 saturated carbocycles. The third-order valence-corrected chi connectivity index (χ3v) is 4.61. The molecule has 0 spiro atoms. The molecule has 2 fully saturated rings. The van der Waals surface area contributed by atoms with Crippen LogP contribution in [0.4, 0.5) is 5.69 Å². The van der Waals surface area contributed by atoms with Gasteiger partial charge in [0.15, 0.2) is 0 Å². The highest BCUT2D eigenvalue weighted by atomic mass is 15.2. The van der Waals surface area contributed by atoms with Gasteiger partial charge in [0.1, 0.15) is 0 Å². The molecule has 104 valence electrons. The molecule has 1 aromatic carbocycles. The second-order valence-corrected chi connectivity index (χ2v) is 6.19. The molecule has 2 aromatic rings. The van der Waals surface area contributed by atoms with Gasteiger partial charge in [-0.3, -0.25) is 9.88 Å². The van der Waals surface area contributed by atoms with Crippen LogP contribution in [0, 0.1) is 6.92 Å². The van der Waals surface area contributed by atoms with Crippen molar-refractivity contribution >= 4 is 16.6 Å². The number of nitrogens with one attached hydrogen (secondary N) is 1. The predicted octanol–water partition coefficient (Wildman–Crippen LogP) is 3.19. The lowest BCUT2D eigenvalue weighted by atomic mass is 10.1. The van der Waals surface area contributed by atoms with Crippen LogP contribution < -0.4 is 5.32 Å². The van der Waals surface area contributed by atoms with Crippen LogP contribution in [0.1, 0.15) is 24.8 Å². The molecule has 0 amide bonds. The molecule has 1 unspecified atom stereocenters. The van der Waals surface area contributed by atoms with Gasteiger partial charge >= 0.3 is 0 Å². The molecule has 1 aliphatic carbocycles. The van der Waals surface area contributed by atoms with Crippen molar-refractivity contribution in [2.45, 2.75) is 38.3 Å². The van der Waals surface area contributed by atoms with Crippen LogP contribution in [0.15, 0.2) is 30.5 Å². The number of aryl methyl sites for hydroxylation is 1. The summed E-state index contributed by atoms with van der Waals surface area (Å²) in [6.07, 6.45) is 5.95. The monoisotopic (exact) mass is 267 g/mol. The minimum Gasteiger partial charge on any atom is -0.380 e. The Morgan fingerprint density at radius 1 is 1.20 bits per heavy atom. The molecule has 1 atom stereocenters. The van der Waals surface area contributed by atoms with E-state index in [9.17, 15) is 0 Å². The van der Waals surface area contributed by atoms with Crippen molar-refractivity contribution in [1.82, 2.24) is 9.88 Å². The summed E-state index contributed by atoms with van der Waals surface area (Å²) in [6, 6.07) is 10.0. The second kappa shape index (κ2) is 4.74. The Kier molecular flexibility index (Phi) is 2.88. The van der Waals surface area contributed by atoms with Gasteiger partial charge in [-0.1, -0.05) is 6.07 Å². The summed E-state index contributed by atoms with van der Waals surface area (Å²) in [5, 5.41) is 4.99. The summed E-state index contributed by atoms with van der Waals surface area (Å²) < 4.78 is 0. The van der Waals surface area contributed by atoms with Crippen molar-refractivity contribution in [3.63, 3.8) is 0 Å². The summed E-state index contributed by atoms with van der Waals surface area (Å²) in [5.41, 5.74) is 3.60. The number of anilines is 1. The first-order valence-corrected chi connectivity index (χ1v) is 7.66. The van der Waals surface area contributed by atoms with Crippen LogP contribution in [0.2, 0.25) is 0 Å². The fourth-order valence-corrected chi connectivity index (χ4v) is 3.34. The molecule has 1 N–H and O–H groups in total. The second-order valence-electron chi connectivity index (χ2n) is 6.19. The number of aromatic nitrogens is 1. The number of nitrogens with zero attached hydrogens (tertiary/aromatic N) is 2. The molecule has 2 heterocycles. The smallest absolute Gasteiger partial charge is 0.0751 e. The highest BCUT2D eigenvalue weighted by molar-refractivity contribution is 5.93. The number of fused-ring (bicyclic) bond motifs is 1. The molecular weight excluding hydrogens is 246 g/mol. The average Bonchev–Trinajstić information content (AvgIpc) is 3.23. The lowest BCUT2D eigenvalue weighted by Gasteiger charge is -2.18. The maximum Gasteiger partial charge on any atom is 0.0751 e. The summed E-state index contributed by atoms with van der Waals surface area (Å²) in [6.45, 7) is 4.58. The van der Waals surface area contributed by atoms with Crippen molar-refractivity contribution in [2.24, 2.45) is 0 Å². The van der Waals surface area contributed by atoms with Gasteiger partial charge < -0.3 is 5.32 Å². The van der Waals surface area contributed by atoms with Crippen molar-refractivity contribution in [2.75, 3.05) is 18.4 Å². The molecular formula is C17H21N3. The Morgan fingerprint density at radius 2 is 2.10 bits per heavy atom. The lowest BCUT2D eigenvalue weighted by Crippen LogP contribution is -2.27. The van der Waals surface area contributed by atoms with Crippen LogP contribution in [0.25, 0.3) is 10.9 Å². The Hall–Kier alpha value is -1.61. The maximum atomic E-state index is 4.52.